The third-order valence-corrected chi connectivity index (χ3v) is 3.76. The second-order valence-electron chi connectivity index (χ2n) is 4.12. The summed E-state index contributed by atoms with van der Waals surface area (Å²) in [6, 6.07) is 0.666. The Labute approximate surface area is 92.6 Å². The lowest BCUT2D eigenvalue weighted by Gasteiger charge is -2.28. The number of nitrogens with zero attached hydrogens (tertiary/aromatic N) is 1. The van der Waals surface area contributed by atoms with Crippen LogP contribution in [0.25, 0.3) is 0 Å². The molecule has 84 valence electrons. The Morgan fingerprint density at radius 2 is 2.21 bits per heavy atom. The van der Waals surface area contributed by atoms with Crippen LogP contribution in [-0.4, -0.2) is 42.6 Å². The lowest BCUT2D eigenvalue weighted by atomic mass is 10.1. The van der Waals surface area contributed by atoms with E-state index in [9.17, 15) is 0 Å². The average Bonchev–Trinajstić information content (AvgIpc) is 2.43. The van der Waals surface area contributed by atoms with Gasteiger partial charge in [0.1, 0.15) is 0 Å². The lowest BCUT2D eigenvalue weighted by molar-refractivity contribution is 0.205. The fourth-order valence-electron chi connectivity index (χ4n) is 2.21. The van der Waals surface area contributed by atoms with Crippen molar-refractivity contribution < 1.29 is 0 Å². The maximum atomic E-state index is 5.82. The van der Waals surface area contributed by atoms with Crippen molar-refractivity contribution in [2.75, 3.05) is 31.6 Å². The molecule has 0 aromatic rings. The third-order valence-electron chi connectivity index (χ3n) is 3.06. The van der Waals surface area contributed by atoms with E-state index in [0.717, 1.165) is 6.54 Å². The SMILES string of the molecule is CSCCCN1CCCCCC1CN. The topological polar surface area (TPSA) is 29.3 Å². The van der Waals surface area contributed by atoms with E-state index in [1.165, 1.54) is 50.9 Å². The van der Waals surface area contributed by atoms with Crippen LogP contribution in [0.5, 0.6) is 0 Å². The zero-order chi connectivity index (χ0) is 10.2. The number of thioether (sulfide) groups is 1. The molecule has 0 aromatic heterocycles. The molecule has 1 aliphatic heterocycles. The highest BCUT2D eigenvalue weighted by atomic mass is 32.2. The molecule has 3 heteroatoms. The molecule has 0 aromatic carbocycles. The van der Waals surface area contributed by atoms with E-state index < -0.39 is 0 Å². The minimum atomic E-state index is 0.666. The van der Waals surface area contributed by atoms with Gasteiger partial charge in [-0.2, -0.15) is 11.8 Å². The highest BCUT2D eigenvalue weighted by molar-refractivity contribution is 7.98. The van der Waals surface area contributed by atoms with Gasteiger partial charge in [0.05, 0.1) is 0 Å². The Morgan fingerprint density at radius 3 is 2.93 bits per heavy atom. The van der Waals surface area contributed by atoms with E-state index in [0.29, 0.717) is 6.04 Å². The molecule has 0 radical (unpaired) electrons. The average molecular weight is 216 g/mol. The largest absolute Gasteiger partial charge is 0.329 e. The molecule has 1 fully saturated rings. The minimum Gasteiger partial charge on any atom is -0.329 e. The number of hydrogen-bond donors (Lipinski definition) is 1. The van der Waals surface area contributed by atoms with Gasteiger partial charge in [0, 0.05) is 12.6 Å². The summed E-state index contributed by atoms with van der Waals surface area (Å²) in [5, 5.41) is 0. The van der Waals surface area contributed by atoms with Crippen molar-refractivity contribution in [1.82, 2.24) is 4.90 Å². The molecule has 1 heterocycles. The Hall–Kier alpha value is 0.270. The number of likely N-dealkylation sites (tertiary alicyclic amines) is 1. The summed E-state index contributed by atoms with van der Waals surface area (Å²) >= 11 is 1.95. The first kappa shape index (κ1) is 12.3. The van der Waals surface area contributed by atoms with Crippen LogP contribution in [0.1, 0.15) is 32.1 Å². The first-order chi connectivity index (χ1) is 6.88. The zero-order valence-electron chi connectivity index (χ0n) is 9.37. The summed E-state index contributed by atoms with van der Waals surface area (Å²) in [5.41, 5.74) is 5.82. The molecule has 1 unspecified atom stereocenters. The Balaban J connectivity index is 2.28. The van der Waals surface area contributed by atoms with Gasteiger partial charge in [-0.1, -0.05) is 12.8 Å². The second kappa shape index (κ2) is 7.55. The molecule has 2 N–H and O–H groups in total. The fraction of sp³-hybridized carbons (Fsp3) is 1.00. The highest BCUT2D eigenvalue weighted by Crippen LogP contribution is 2.16. The van der Waals surface area contributed by atoms with Crippen molar-refractivity contribution in [3.05, 3.63) is 0 Å². The van der Waals surface area contributed by atoms with Gasteiger partial charge in [-0.15, -0.1) is 0 Å². The van der Waals surface area contributed by atoms with Crippen molar-refractivity contribution in [3.63, 3.8) is 0 Å². The fourth-order valence-corrected chi connectivity index (χ4v) is 2.63. The maximum absolute atomic E-state index is 5.82. The third kappa shape index (κ3) is 4.20. The van der Waals surface area contributed by atoms with E-state index in [-0.39, 0.29) is 0 Å². The normalized spacial score (nSPS) is 24.9. The zero-order valence-corrected chi connectivity index (χ0v) is 10.2. The number of nitrogens with two attached hydrogens (primary N) is 1. The predicted molar refractivity (Wildman–Crippen MR) is 65.9 cm³/mol. The standard InChI is InChI=1S/C11H24N2S/c1-14-9-5-8-13-7-4-2-3-6-11(13)10-12/h11H,2-10,12H2,1H3. The molecule has 0 bridgehead atoms. The predicted octanol–water partition coefficient (Wildman–Crippen LogP) is 1.94. The van der Waals surface area contributed by atoms with E-state index in [1.54, 1.807) is 0 Å². The molecule has 1 atom stereocenters. The molecular formula is C11H24N2S. The van der Waals surface area contributed by atoms with Gasteiger partial charge in [-0.3, -0.25) is 4.90 Å². The summed E-state index contributed by atoms with van der Waals surface area (Å²) in [6.07, 6.45) is 8.96. The van der Waals surface area contributed by atoms with Gasteiger partial charge < -0.3 is 5.73 Å². The van der Waals surface area contributed by atoms with Crippen molar-refractivity contribution in [3.8, 4) is 0 Å². The monoisotopic (exact) mass is 216 g/mol. The first-order valence-electron chi connectivity index (χ1n) is 5.81. The van der Waals surface area contributed by atoms with Crippen molar-refractivity contribution >= 4 is 11.8 Å². The Bertz CT molecular complexity index is 141. The van der Waals surface area contributed by atoms with Crippen LogP contribution in [-0.2, 0) is 0 Å². The van der Waals surface area contributed by atoms with E-state index >= 15 is 0 Å². The van der Waals surface area contributed by atoms with Gasteiger partial charge >= 0.3 is 0 Å². The van der Waals surface area contributed by atoms with E-state index in [4.69, 9.17) is 5.73 Å². The van der Waals surface area contributed by atoms with Crippen molar-refractivity contribution in [2.24, 2.45) is 5.73 Å². The highest BCUT2D eigenvalue weighted by Gasteiger charge is 2.18. The van der Waals surface area contributed by atoms with Gasteiger partial charge in [-0.25, -0.2) is 0 Å². The van der Waals surface area contributed by atoms with E-state index in [1.807, 2.05) is 11.8 Å². The minimum absolute atomic E-state index is 0.666. The first-order valence-corrected chi connectivity index (χ1v) is 7.21. The maximum Gasteiger partial charge on any atom is 0.0218 e. The molecule has 1 saturated heterocycles. The lowest BCUT2D eigenvalue weighted by Crippen LogP contribution is -2.40. The van der Waals surface area contributed by atoms with Crippen LogP contribution < -0.4 is 5.73 Å². The molecule has 14 heavy (non-hydrogen) atoms. The summed E-state index contributed by atoms with van der Waals surface area (Å²) in [7, 11) is 0. The van der Waals surface area contributed by atoms with Crippen molar-refractivity contribution in [2.45, 2.75) is 38.1 Å². The molecule has 1 aliphatic rings. The Morgan fingerprint density at radius 1 is 1.36 bits per heavy atom. The van der Waals surface area contributed by atoms with Crippen LogP contribution in [0.3, 0.4) is 0 Å². The van der Waals surface area contributed by atoms with Crippen LogP contribution in [0.15, 0.2) is 0 Å². The molecule has 0 spiro atoms. The molecule has 0 saturated carbocycles. The van der Waals surface area contributed by atoms with Crippen LogP contribution in [0.2, 0.25) is 0 Å². The number of rotatable bonds is 5. The summed E-state index contributed by atoms with van der Waals surface area (Å²) in [5.74, 6) is 1.29. The van der Waals surface area contributed by atoms with Gasteiger partial charge in [0.25, 0.3) is 0 Å². The van der Waals surface area contributed by atoms with Crippen LogP contribution in [0.4, 0.5) is 0 Å². The van der Waals surface area contributed by atoms with Gasteiger partial charge in [0.2, 0.25) is 0 Å². The molecule has 1 rings (SSSR count). The molecule has 0 aliphatic carbocycles. The number of hydrogen-bond acceptors (Lipinski definition) is 3. The van der Waals surface area contributed by atoms with Crippen LogP contribution in [0, 0.1) is 0 Å². The Kier molecular flexibility index (Phi) is 6.65. The van der Waals surface area contributed by atoms with Crippen molar-refractivity contribution in [1.29, 1.82) is 0 Å². The summed E-state index contributed by atoms with van der Waals surface area (Å²) in [4.78, 5) is 2.61. The second-order valence-corrected chi connectivity index (χ2v) is 5.11. The molecular weight excluding hydrogens is 192 g/mol. The van der Waals surface area contributed by atoms with Gasteiger partial charge in [-0.05, 0) is 44.4 Å². The summed E-state index contributed by atoms with van der Waals surface area (Å²) < 4.78 is 0. The van der Waals surface area contributed by atoms with E-state index in [2.05, 4.69) is 11.2 Å². The van der Waals surface area contributed by atoms with Gasteiger partial charge in [0.15, 0.2) is 0 Å². The quantitative estimate of drug-likeness (QED) is 0.712. The smallest absolute Gasteiger partial charge is 0.0218 e. The molecule has 0 amide bonds. The van der Waals surface area contributed by atoms with Crippen LogP contribution >= 0.6 is 11.8 Å². The summed E-state index contributed by atoms with van der Waals surface area (Å²) in [6.45, 7) is 3.37. The molecule has 2 nitrogen and oxygen atoms in total.